The average Bonchev–Trinajstić information content (AvgIpc) is 2.78. The van der Waals surface area contributed by atoms with E-state index in [0.717, 1.165) is 30.3 Å². The Morgan fingerprint density at radius 1 is 0.732 bits per heavy atom. The molecule has 0 aliphatic carbocycles. The van der Waals surface area contributed by atoms with E-state index in [1.807, 2.05) is 0 Å². The molecule has 0 fully saturated rings. The Morgan fingerprint density at radius 3 is 1.83 bits per heavy atom. The maximum absolute atomic E-state index is 6.91. The summed E-state index contributed by atoms with van der Waals surface area (Å²) in [5.41, 5.74) is 6.19. The standard InChI is InChI=1S/C37H59O3P/c1-25(2)17-15-19-28(34(3,4)5)24-38-41-39-32-26(18-16-20-30(32)36(9,10)11)21-27-22-29(35(6,7)8)23-31(33(27)40-41)37(12,13)14/h16,18,20,22-23,25,28H,15,17,19,21,24H2,1-14H3. The lowest BCUT2D eigenvalue weighted by Gasteiger charge is -2.35. The summed E-state index contributed by atoms with van der Waals surface area (Å²) < 4.78 is 20.5. The molecule has 4 heteroatoms. The van der Waals surface area contributed by atoms with Gasteiger partial charge in [0.25, 0.3) is 0 Å². The van der Waals surface area contributed by atoms with Crippen LogP contribution in [0.1, 0.15) is 144 Å². The highest BCUT2D eigenvalue weighted by Crippen LogP contribution is 2.53. The Bertz CT molecular complexity index is 1170. The predicted molar refractivity (Wildman–Crippen MR) is 178 cm³/mol. The van der Waals surface area contributed by atoms with Crippen molar-refractivity contribution in [3.8, 4) is 11.5 Å². The molecule has 3 nitrogen and oxygen atoms in total. The van der Waals surface area contributed by atoms with Gasteiger partial charge in [0.1, 0.15) is 11.5 Å². The summed E-state index contributed by atoms with van der Waals surface area (Å²) >= 11 is 0. The van der Waals surface area contributed by atoms with Crippen LogP contribution < -0.4 is 9.05 Å². The van der Waals surface area contributed by atoms with E-state index in [2.05, 4.69) is 127 Å². The van der Waals surface area contributed by atoms with Gasteiger partial charge in [0.2, 0.25) is 0 Å². The van der Waals surface area contributed by atoms with Gasteiger partial charge in [-0.1, -0.05) is 140 Å². The molecule has 0 saturated heterocycles. The van der Waals surface area contributed by atoms with E-state index >= 15 is 0 Å². The summed E-state index contributed by atoms with van der Waals surface area (Å²) in [7, 11) is -1.66. The van der Waals surface area contributed by atoms with Crippen LogP contribution in [0.5, 0.6) is 11.5 Å². The van der Waals surface area contributed by atoms with Gasteiger partial charge in [-0.15, -0.1) is 0 Å². The van der Waals surface area contributed by atoms with Gasteiger partial charge < -0.3 is 9.05 Å². The minimum atomic E-state index is -1.66. The van der Waals surface area contributed by atoms with Crippen LogP contribution in [0.3, 0.4) is 0 Å². The first-order valence-corrected chi connectivity index (χ1v) is 16.9. The first kappa shape index (κ1) is 33.9. The van der Waals surface area contributed by atoms with Gasteiger partial charge >= 0.3 is 8.60 Å². The lowest BCUT2D eigenvalue weighted by Crippen LogP contribution is -2.26. The van der Waals surface area contributed by atoms with Crippen molar-refractivity contribution in [2.24, 2.45) is 17.3 Å². The average molecular weight is 583 g/mol. The van der Waals surface area contributed by atoms with Crippen LogP contribution in [0.4, 0.5) is 0 Å². The molecule has 0 N–H and O–H groups in total. The predicted octanol–water partition coefficient (Wildman–Crippen LogP) is 11.7. The number of para-hydroxylation sites is 1. The zero-order chi connectivity index (χ0) is 31.0. The molecule has 2 unspecified atom stereocenters. The Hall–Kier alpha value is -1.57. The molecule has 230 valence electrons. The summed E-state index contributed by atoms with van der Waals surface area (Å²) in [6, 6.07) is 11.3. The molecular formula is C37H59O3P. The highest BCUT2D eigenvalue weighted by atomic mass is 31.2. The Kier molecular flexibility index (Phi) is 10.4. The van der Waals surface area contributed by atoms with E-state index in [1.54, 1.807) is 0 Å². The molecule has 0 saturated carbocycles. The zero-order valence-corrected chi connectivity index (χ0v) is 29.6. The Morgan fingerprint density at radius 2 is 1.32 bits per heavy atom. The molecule has 41 heavy (non-hydrogen) atoms. The summed E-state index contributed by atoms with van der Waals surface area (Å²) in [5.74, 6) is 3.01. The van der Waals surface area contributed by atoms with Crippen LogP contribution in [-0.2, 0) is 27.2 Å². The maximum atomic E-state index is 6.91. The third-order valence-electron chi connectivity index (χ3n) is 8.40. The molecule has 0 spiro atoms. The first-order chi connectivity index (χ1) is 18.7. The topological polar surface area (TPSA) is 27.7 Å². The van der Waals surface area contributed by atoms with E-state index in [1.165, 1.54) is 40.7 Å². The second kappa shape index (κ2) is 12.6. The first-order valence-electron chi connectivity index (χ1n) is 15.8. The number of rotatable bonds is 7. The van der Waals surface area contributed by atoms with Crippen molar-refractivity contribution in [2.45, 2.75) is 139 Å². The third kappa shape index (κ3) is 8.96. The molecule has 3 rings (SSSR count). The van der Waals surface area contributed by atoms with Gasteiger partial charge in [-0.2, -0.15) is 0 Å². The van der Waals surface area contributed by atoms with Gasteiger partial charge in [0.15, 0.2) is 0 Å². The van der Waals surface area contributed by atoms with E-state index in [-0.39, 0.29) is 21.7 Å². The largest absolute Gasteiger partial charge is 0.463 e. The van der Waals surface area contributed by atoms with E-state index in [9.17, 15) is 0 Å². The van der Waals surface area contributed by atoms with Crippen molar-refractivity contribution in [2.75, 3.05) is 6.61 Å². The van der Waals surface area contributed by atoms with Crippen LogP contribution >= 0.6 is 8.60 Å². The fraction of sp³-hybridized carbons (Fsp3) is 0.676. The van der Waals surface area contributed by atoms with Crippen molar-refractivity contribution < 1.29 is 13.6 Å². The smallest absolute Gasteiger partial charge is 0.417 e. The van der Waals surface area contributed by atoms with Gasteiger partial charge in [-0.25, -0.2) is 0 Å². The van der Waals surface area contributed by atoms with Gasteiger partial charge in [-0.05, 0) is 56.6 Å². The zero-order valence-electron chi connectivity index (χ0n) is 28.7. The van der Waals surface area contributed by atoms with Crippen molar-refractivity contribution in [1.29, 1.82) is 0 Å². The molecule has 0 bridgehead atoms. The minimum Gasteiger partial charge on any atom is -0.417 e. The number of fused-ring (bicyclic) bond motifs is 2. The van der Waals surface area contributed by atoms with Crippen molar-refractivity contribution >= 4 is 8.60 Å². The number of hydrogen-bond donors (Lipinski definition) is 0. The summed E-state index contributed by atoms with van der Waals surface area (Å²) in [4.78, 5) is 0. The van der Waals surface area contributed by atoms with E-state index < -0.39 is 8.60 Å². The lowest BCUT2D eigenvalue weighted by atomic mass is 9.78. The van der Waals surface area contributed by atoms with Crippen molar-refractivity contribution in [3.63, 3.8) is 0 Å². The lowest BCUT2D eigenvalue weighted by molar-refractivity contribution is 0.125. The molecule has 0 amide bonds. The highest BCUT2D eigenvalue weighted by Gasteiger charge is 2.35. The van der Waals surface area contributed by atoms with Crippen LogP contribution in [0, 0.1) is 17.3 Å². The monoisotopic (exact) mass is 582 g/mol. The Labute approximate surface area is 254 Å². The van der Waals surface area contributed by atoms with Crippen molar-refractivity contribution in [1.82, 2.24) is 0 Å². The molecule has 1 aliphatic rings. The molecule has 2 aromatic carbocycles. The van der Waals surface area contributed by atoms with Crippen LogP contribution in [-0.4, -0.2) is 6.61 Å². The van der Waals surface area contributed by atoms with Gasteiger partial charge in [-0.3, -0.25) is 4.52 Å². The highest BCUT2D eigenvalue weighted by molar-refractivity contribution is 7.42. The SMILES string of the molecule is CC(C)CCCC(COP1Oc2c(cccc2C(C)(C)C)Cc2cc(C(C)(C)C)cc(C(C)(C)C)c2O1)C(C)(C)C. The number of hydrogen-bond acceptors (Lipinski definition) is 3. The number of benzene rings is 2. The molecule has 0 radical (unpaired) electrons. The van der Waals surface area contributed by atoms with Crippen LogP contribution in [0.2, 0.25) is 0 Å². The van der Waals surface area contributed by atoms with Gasteiger partial charge in [0, 0.05) is 17.5 Å². The summed E-state index contributed by atoms with van der Waals surface area (Å²) in [6.07, 6.45) is 4.37. The maximum Gasteiger partial charge on any atom is 0.463 e. The summed E-state index contributed by atoms with van der Waals surface area (Å²) in [5, 5.41) is 0. The molecule has 1 aliphatic heterocycles. The Balaban J connectivity index is 2.13. The fourth-order valence-corrected chi connectivity index (χ4v) is 6.63. The molecule has 1 heterocycles. The molecule has 2 atom stereocenters. The third-order valence-corrected chi connectivity index (χ3v) is 9.42. The van der Waals surface area contributed by atoms with Crippen LogP contribution in [0.15, 0.2) is 30.3 Å². The van der Waals surface area contributed by atoms with E-state index in [4.69, 9.17) is 13.6 Å². The van der Waals surface area contributed by atoms with E-state index in [0.29, 0.717) is 12.5 Å². The molecular weight excluding hydrogens is 523 g/mol. The van der Waals surface area contributed by atoms with Gasteiger partial charge in [0.05, 0.1) is 6.61 Å². The van der Waals surface area contributed by atoms with Crippen molar-refractivity contribution in [3.05, 3.63) is 58.1 Å². The fourth-order valence-electron chi connectivity index (χ4n) is 5.46. The second-order valence-corrected chi connectivity index (χ2v) is 17.9. The summed E-state index contributed by atoms with van der Waals surface area (Å²) in [6.45, 7) is 32.7. The second-order valence-electron chi connectivity index (χ2n) is 16.8. The van der Waals surface area contributed by atoms with Crippen LogP contribution in [0.25, 0.3) is 0 Å². The minimum absolute atomic E-state index is 0.0289. The molecule has 0 aromatic heterocycles. The quantitative estimate of drug-likeness (QED) is 0.304. The normalized spacial score (nSPS) is 17.2. The molecule has 2 aromatic rings.